The highest BCUT2D eigenvalue weighted by Gasteiger charge is 2.33. The second kappa shape index (κ2) is 8.80. The van der Waals surface area contributed by atoms with E-state index in [1.165, 1.54) is 4.90 Å². The fraction of sp³-hybridized carbons (Fsp3) is 0.526. The number of carbonyl (C=O) groups excluding carboxylic acids is 2. The van der Waals surface area contributed by atoms with Gasteiger partial charge in [0.1, 0.15) is 6.04 Å². The van der Waals surface area contributed by atoms with Gasteiger partial charge < -0.3 is 20.1 Å². The summed E-state index contributed by atoms with van der Waals surface area (Å²) in [5.74, 6) is -1.47. The van der Waals surface area contributed by atoms with Crippen LogP contribution >= 0.6 is 0 Å². The van der Waals surface area contributed by atoms with E-state index >= 15 is 0 Å². The molecule has 1 aliphatic heterocycles. The zero-order valence-electron chi connectivity index (χ0n) is 15.4. The molecule has 0 radical (unpaired) electrons. The summed E-state index contributed by atoms with van der Waals surface area (Å²) in [5.41, 5.74) is 1.36. The van der Waals surface area contributed by atoms with Crippen LogP contribution in [0.25, 0.3) is 0 Å². The van der Waals surface area contributed by atoms with Crippen LogP contribution in [0.4, 0.5) is 0 Å². The van der Waals surface area contributed by atoms with Gasteiger partial charge in [0.15, 0.2) is 6.10 Å². The first-order valence-electron chi connectivity index (χ1n) is 8.79. The first-order valence-corrected chi connectivity index (χ1v) is 8.79. The van der Waals surface area contributed by atoms with Gasteiger partial charge in [0, 0.05) is 12.1 Å². The molecule has 0 bridgehead atoms. The summed E-state index contributed by atoms with van der Waals surface area (Å²) in [6, 6.07) is 6.49. The molecule has 7 nitrogen and oxygen atoms in total. The Morgan fingerprint density at radius 2 is 2.00 bits per heavy atom. The van der Waals surface area contributed by atoms with Gasteiger partial charge in [-0.3, -0.25) is 9.59 Å². The minimum Gasteiger partial charge on any atom is -0.479 e. The van der Waals surface area contributed by atoms with Crippen LogP contribution in [0.2, 0.25) is 0 Å². The fourth-order valence-corrected chi connectivity index (χ4v) is 2.98. The Balaban J connectivity index is 2.13. The molecule has 0 spiro atoms. The number of ether oxygens (including phenoxy) is 1. The van der Waals surface area contributed by atoms with Crippen LogP contribution in [0, 0.1) is 12.8 Å². The van der Waals surface area contributed by atoms with Crippen LogP contribution in [0.1, 0.15) is 36.2 Å². The molecule has 2 rings (SSSR count). The normalized spacial score (nSPS) is 18.5. The molecule has 0 aromatic heterocycles. The molecule has 26 heavy (non-hydrogen) atoms. The molecule has 1 aliphatic rings. The third kappa shape index (κ3) is 5.05. The number of aliphatic carboxylic acids is 1. The van der Waals surface area contributed by atoms with E-state index in [9.17, 15) is 14.4 Å². The number of hydrogen-bond acceptors (Lipinski definition) is 4. The van der Waals surface area contributed by atoms with Crippen molar-refractivity contribution in [2.45, 2.75) is 39.3 Å². The van der Waals surface area contributed by atoms with Crippen LogP contribution in [0.15, 0.2) is 24.3 Å². The maximum Gasteiger partial charge on any atom is 0.334 e. The van der Waals surface area contributed by atoms with Gasteiger partial charge >= 0.3 is 5.97 Å². The number of benzene rings is 1. The first kappa shape index (κ1) is 19.9. The van der Waals surface area contributed by atoms with E-state index in [1.54, 1.807) is 12.1 Å². The molecule has 0 aliphatic carbocycles. The highest BCUT2D eigenvalue weighted by Crippen LogP contribution is 2.14. The topological polar surface area (TPSA) is 95.9 Å². The van der Waals surface area contributed by atoms with E-state index in [4.69, 9.17) is 9.84 Å². The number of carbonyl (C=O) groups is 3. The molecule has 1 fully saturated rings. The number of nitrogens with one attached hydrogen (secondary N) is 1. The molecule has 2 unspecified atom stereocenters. The van der Waals surface area contributed by atoms with Crippen molar-refractivity contribution < 1.29 is 24.2 Å². The molecular formula is C19H26N2O5. The van der Waals surface area contributed by atoms with Crippen molar-refractivity contribution in [3.63, 3.8) is 0 Å². The lowest BCUT2D eigenvalue weighted by Crippen LogP contribution is -2.55. The van der Waals surface area contributed by atoms with E-state index < -0.39 is 18.1 Å². The molecule has 142 valence electrons. The number of hydrogen-bond donors (Lipinski definition) is 2. The molecule has 2 atom stereocenters. The Bertz CT molecular complexity index is 674. The van der Waals surface area contributed by atoms with Crippen LogP contribution < -0.4 is 5.32 Å². The van der Waals surface area contributed by atoms with E-state index in [1.807, 2.05) is 32.9 Å². The third-order valence-electron chi connectivity index (χ3n) is 4.35. The van der Waals surface area contributed by atoms with Gasteiger partial charge in [-0.15, -0.1) is 0 Å². The SMILES string of the molecule is Cc1ccccc1C(=O)NC(CC(C)C)C(=O)N1CCOC(C(=O)O)C1. The summed E-state index contributed by atoms with van der Waals surface area (Å²) in [6.45, 7) is 6.26. The lowest BCUT2D eigenvalue weighted by atomic mass is 10.0. The maximum atomic E-state index is 12.9. The summed E-state index contributed by atoms with van der Waals surface area (Å²) >= 11 is 0. The van der Waals surface area contributed by atoms with Crippen molar-refractivity contribution in [1.82, 2.24) is 10.2 Å². The van der Waals surface area contributed by atoms with Gasteiger partial charge in [0.05, 0.1) is 13.2 Å². The molecule has 2 amide bonds. The lowest BCUT2D eigenvalue weighted by molar-refractivity contribution is -0.160. The van der Waals surface area contributed by atoms with Crippen molar-refractivity contribution in [3.8, 4) is 0 Å². The van der Waals surface area contributed by atoms with Crippen LogP contribution in [0.3, 0.4) is 0 Å². The predicted molar refractivity (Wildman–Crippen MR) is 95.8 cm³/mol. The number of carboxylic acids is 1. The molecule has 1 heterocycles. The molecule has 0 saturated carbocycles. The molecule has 1 aromatic rings. The quantitative estimate of drug-likeness (QED) is 0.799. The molecule has 1 saturated heterocycles. The van der Waals surface area contributed by atoms with Gasteiger partial charge in [0.2, 0.25) is 5.91 Å². The van der Waals surface area contributed by atoms with Crippen molar-refractivity contribution in [3.05, 3.63) is 35.4 Å². The second-order valence-corrected chi connectivity index (χ2v) is 6.95. The van der Waals surface area contributed by atoms with Gasteiger partial charge in [-0.2, -0.15) is 0 Å². The average molecular weight is 362 g/mol. The lowest BCUT2D eigenvalue weighted by Gasteiger charge is -2.34. The Labute approximate surface area is 153 Å². The molecular weight excluding hydrogens is 336 g/mol. The number of aryl methyl sites for hydroxylation is 1. The van der Waals surface area contributed by atoms with Crippen molar-refractivity contribution in [1.29, 1.82) is 0 Å². The summed E-state index contributed by atoms with van der Waals surface area (Å²) in [6.07, 6.45) is -0.551. The van der Waals surface area contributed by atoms with Crippen LogP contribution in [-0.2, 0) is 14.3 Å². The number of rotatable bonds is 6. The Hall–Kier alpha value is -2.41. The third-order valence-corrected chi connectivity index (χ3v) is 4.35. The van der Waals surface area contributed by atoms with Crippen molar-refractivity contribution >= 4 is 17.8 Å². The van der Waals surface area contributed by atoms with Crippen LogP contribution in [0.5, 0.6) is 0 Å². The Kier molecular flexibility index (Phi) is 6.74. The molecule has 7 heteroatoms. The number of carboxylic acid groups (broad SMARTS) is 1. The number of amides is 2. The fourth-order valence-electron chi connectivity index (χ4n) is 2.98. The first-order chi connectivity index (χ1) is 12.3. The van der Waals surface area contributed by atoms with E-state index in [0.717, 1.165) is 5.56 Å². The standard InChI is InChI=1S/C19H26N2O5/c1-12(2)10-15(20-17(22)14-7-5-4-6-13(14)3)18(23)21-8-9-26-16(11-21)19(24)25/h4-7,12,15-16H,8-11H2,1-3H3,(H,20,22)(H,24,25). The van der Waals surface area contributed by atoms with Gasteiger partial charge in [-0.1, -0.05) is 32.0 Å². The monoisotopic (exact) mass is 362 g/mol. The van der Waals surface area contributed by atoms with E-state index in [2.05, 4.69) is 5.32 Å². The second-order valence-electron chi connectivity index (χ2n) is 6.95. The maximum absolute atomic E-state index is 12.9. The number of morpholine rings is 1. The Morgan fingerprint density at radius 3 is 2.62 bits per heavy atom. The Morgan fingerprint density at radius 1 is 1.31 bits per heavy atom. The highest BCUT2D eigenvalue weighted by molar-refractivity contribution is 5.98. The summed E-state index contributed by atoms with van der Waals surface area (Å²) in [4.78, 5) is 38.1. The van der Waals surface area contributed by atoms with Crippen LogP contribution in [-0.4, -0.2) is 59.6 Å². The zero-order valence-corrected chi connectivity index (χ0v) is 15.4. The predicted octanol–water partition coefficient (Wildman–Crippen LogP) is 1.45. The van der Waals surface area contributed by atoms with Gasteiger partial charge in [-0.25, -0.2) is 4.79 Å². The average Bonchev–Trinajstić information content (AvgIpc) is 2.60. The highest BCUT2D eigenvalue weighted by atomic mass is 16.5. The van der Waals surface area contributed by atoms with Gasteiger partial charge in [0.25, 0.3) is 5.91 Å². The van der Waals surface area contributed by atoms with Crippen molar-refractivity contribution in [2.24, 2.45) is 5.92 Å². The summed E-state index contributed by atoms with van der Waals surface area (Å²) < 4.78 is 5.17. The number of nitrogens with zero attached hydrogens (tertiary/aromatic N) is 1. The minimum atomic E-state index is -1.09. The summed E-state index contributed by atoms with van der Waals surface area (Å²) in [7, 11) is 0. The summed E-state index contributed by atoms with van der Waals surface area (Å²) in [5, 5.41) is 11.9. The van der Waals surface area contributed by atoms with Crippen molar-refractivity contribution in [2.75, 3.05) is 19.7 Å². The van der Waals surface area contributed by atoms with E-state index in [-0.39, 0.29) is 30.9 Å². The smallest absolute Gasteiger partial charge is 0.334 e. The molecule has 2 N–H and O–H groups in total. The van der Waals surface area contributed by atoms with Gasteiger partial charge in [-0.05, 0) is 30.9 Å². The zero-order chi connectivity index (χ0) is 19.3. The largest absolute Gasteiger partial charge is 0.479 e. The van der Waals surface area contributed by atoms with E-state index in [0.29, 0.717) is 18.5 Å². The minimum absolute atomic E-state index is 0.0109. The molecule has 1 aromatic carbocycles.